The molecule has 0 aliphatic carbocycles. The molecule has 4 nitrogen and oxygen atoms in total. The molecule has 0 radical (unpaired) electrons. The highest BCUT2D eigenvalue weighted by molar-refractivity contribution is 5.90. The quantitative estimate of drug-likeness (QED) is 0.489. The molecule has 1 aromatic carbocycles. The van der Waals surface area contributed by atoms with Gasteiger partial charge in [0.05, 0.1) is 11.3 Å². The lowest BCUT2D eigenvalue weighted by molar-refractivity contribution is -0.137. The Morgan fingerprint density at radius 1 is 1.28 bits per heavy atom. The molecule has 8 heteroatoms. The van der Waals surface area contributed by atoms with Crippen LogP contribution in [-0.2, 0) is 6.18 Å². The van der Waals surface area contributed by atoms with Crippen molar-refractivity contribution in [3.8, 4) is 0 Å². The molecular weight excluding hydrogens is 271 g/mol. The summed E-state index contributed by atoms with van der Waals surface area (Å²) >= 11 is 0. The first kappa shape index (κ1) is 16.5. The maximum absolute atomic E-state index is 12.4. The number of hydrogen-bond acceptors (Lipinski definition) is 2. The summed E-state index contributed by atoms with van der Waals surface area (Å²) in [5.74, 6) is 5.43. The molecule has 0 heterocycles. The zero-order chi connectivity index (χ0) is 13.2. The molecule has 0 atom stereocenters. The minimum absolute atomic E-state index is 0. The van der Waals surface area contributed by atoms with Crippen molar-refractivity contribution in [3.05, 3.63) is 29.8 Å². The van der Waals surface area contributed by atoms with Gasteiger partial charge >= 0.3 is 12.2 Å². The highest BCUT2D eigenvalue weighted by atomic mass is 35.5. The van der Waals surface area contributed by atoms with E-state index in [0.717, 1.165) is 12.1 Å². The van der Waals surface area contributed by atoms with Gasteiger partial charge in [0.25, 0.3) is 0 Å². The molecule has 0 unspecified atom stereocenters. The van der Waals surface area contributed by atoms with E-state index in [1.165, 1.54) is 31.1 Å². The molecule has 0 spiro atoms. The standard InChI is InChI=1S/C10H12F3N3O.ClH/c1-15(2)9(17)16(14)8-5-3-4-7(6-8)10(11,12)13;/h3-6H,14H2,1-2H3;1H. The summed E-state index contributed by atoms with van der Waals surface area (Å²) < 4.78 is 37.3. The van der Waals surface area contributed by atoms with Crippen LogP contribution in [0, 0.1) is 0 Å². The van der Waals surface area contributed by atoms with Crippen LogP contribution in [0.25, 0.3) is 0 Å². The van der Waals surface area contributed by atoms with Gasteiger partial charge in [-0.3, -0.25) is 0 Å². The van der Waals surface area contributed by atoms with Crippen LogP contribution in [-0.4, -0.2) is 25.0 Å². The summed E-state index contributed by atoms with van der Waals surface area (Å²) in [7, 11) is 2.91. The predicted octanol–water partition coefficient (Wildman–Crippen LogP) is 2.49. The lowest BCUT2D eigenvalue weighted by Gasteiger charge is -2.21. The number of hydrazine groups is 1. The van der Waals surface area contributed by atoms with Crippen LogP contribution in [0.3, 0.4) is 0 Å². The molecule has 0 bridgehead atoms. The highest BCUT2D eigenvalue weighted by Gasteiger charge is 2.31. The molecule has 0 saturated heterocycles. The van der Waals surface area contributed by atoms with Crippen molar-refractivity contribution in [2.75, 3.05) is 19.1 Å². The molecule has 102 valence electrons. The Hall–Kier alpha value is -1.47. The molecule has 0 fully saturated rings. The predicted molar refractivity (Wildman–Crippen MR) is 64.4 cm³/mol. The summed E-state index contributed by atoms with van der Waals surface area (Å²) in [5, 5.41) is 0.662. The van der Waals surface area contributed by atoms with Gasteiger partial charge in [0.15, 0.2) is 0 Å². The van der Waals surface area contributed by atoms with E-state index in [1.807, 2.05) is 0 Å². The second-order valence-electron chi connectivity index (χ2n) is 3.60. The van der Waals surface area contributed by atoms with Gasteiger partial charge in [-0.15, -0.1) is 12.4 Å². The average Bonchev–Trinajstić information content (AvgIpc) is 2.26. The molecule has 2 N–H and O–H groups in total. The van der Waals surface area contributed by atoms with Gasteiger partial charge < -0.3 is 4.90 Å². The molecular formula is C10H13ClF3N3O. The number of carbonyl (C=O) groups excluding carboxylic acids is 1. The normalized spacial score (nSPS) is 10.6. The number of nitrogens with two attached hydrogens (primary N) is 1. The van der Waals surface area contributed by atoms with Crippen LogP contribution >= 0.6 is 12.4 Å². The molecule has 18 heavy (non-hydrogen) atoms. The van der Waals surface area contributed by atoms with Crippen LogP contribution in [0.2, 0.25) is 0 Å². The minimum atomic E-state index is -4.46. The largest absolute Gasteiger partial charge is 0.416 e. The summed E-state index contributed by atoms with van der Waals surface area (Å²) in [4.78, 5) is 12.6. The fraction of sp³-hybridized carbons (Fsp3) is 0.300. The molecule has 2 amide bonds. The highest BCUT2D eigenvalue weighted by Crippen LogP contribution is 2.31. The van der Waals surface area contributed by atoms with E-state index in [1.54, 1.807) is 0 Å². The Balaban J connectivity index is 0.00000289. The number of carbonyl (C=O) groups is 1. The van der Waals surface area contributed by atoms with Crippen LogP contribution in [0.15, 0.2) is 24.3 Å². The zero-order valence-corrected chi connectivity index (χ0v) is 10.5. The van der Waals surface area contributed by atoms with Crippen LogP contribution in [0.1, 0.15) is 5.56 Å². The molecule has 0 saturated carbocycles. The summed E-state index contributed by atoms with van der Waals surface area (Å²) in [6, 6.07) is 3.65. The van der Waals surface area contributed by atoms with E-state index in [9.17, 15) is 18.0 Å². The third kappa shape index (κ3) is 3.78. The third-order valence-electron chi connectivity index (χ3n) is 2.04. The number of anilines is 1. The molecule has 0 aliphatic rings. The topological polar surface area (TPSA) is 49.6 Å². The third-order valence-corrected chi connectivity index (χ3v) is 2.04. The minimum Gasteiger partial charge on any atom is -0.329 e. The Labute approximate surface area is 109 Å². The molecule has 0 aromatic heterocycles. The van der Waals surface area contributed by atoms with Gasteiger partial charge in [0.2, 0.25) is 0 Å². The van der Waals surface area contributed by atoms with Crippen molar-refractivity contribution >= 4 is 24.1 Å². The Kier molecular flexibility index (Phi) is 5.44. The van der Waals surface area contributed by atoms with Crippen LogP contribution in [0.4, 0.5) is 23.7 Å². The number of urea groups is 1. The fourth-order valence-corrected chi connectivity index (χ4v) is 1.16. The van der Waals surface area contributed by atoms with E-state index in [2.05, 4.69) is 0 Å². The Bertz CT molecular complexity index is 423. The maximum atomic E-state index is 12.4. The summed E-state index contributed by atoms with van der Waals surface area (Å²) in [5.41, 5.74) is -0.865. The van der Waals surface area contributed by atoms with Crippen LogP contribution < -0.4 is 10.9 Å². The van der Waals surface area contributed by atoms with Crippen molar-refractivity contribution in [3.63, 3.8) is 0 Å². The SMILES string of the molecule is CN(C)C(=O)N(N)c1cccc(C(F)(F)F)c1.Cl. The average molecular weight is 284 g/mol. The van der Waals surface area contributed by atoms with Crippen molar-refractivity contribution in [2.24, 2.45) is 5.84 Å². The second kappa shape index (κ2) is 5.92. The number of hydrogen-bond donors (Lipinski definition) is 1. The second-order valence-corrected chi connectivity index (χ2v) is 3.60. The van der Waals surface area contributed by atoms with Gasteiger partial charge in [-0.25, -0.2) is 15.6 Å². The van der Waals surface area contributed by atoms with Gasteiger partial charge in [-0.05, 0) is 18.2 Å². The number of nitrogens with zero attached hydrogens (tertiary/aromatic N) is 2. The van der Waals surface area contributed by atoms with Gasteiger partial charge in [0.1, 0.15) is 0 Å². The number of amides is 2. The van der Waals surface area contributed by atoms with E-state index < -0.39 is 17.8 Å². The molecule has 1 rings (SSSR count). The fourth-order valence-electron chi connectivity index (χ4n) is 1.16. The monoisotopic (exact) mass is 283 g/mol. The first-order valence-electron chi connectivity index (χ1n) is 4.67. The smallest absolute Gasteiger partial charge is 0.329 e. The number of benzene rings is 1. The summed E-state index contributed by atoms with van der Waals surface area (Å²) in [6.07, 6.45) is -4.46. The van der Waals surface area contributed by atoms with Crippen molar-refractivity contribution in [2.45, 2.75) is 6.18 Å². The number of halogens is 4. The number of rotatable bonds is 1. The maximum Gasteiger partial charge on any atom is 0.416 e. The van der Waals surface area contributed by atoms with Gasteiger partial charge in [-0.2, -0.15) is 13.2 Å². The van der Waals surface area contributed by atoms with E-state index in [0.29, 0.717) is 5.01 Å². The summed E-state index contributed by atoms with van der Waals surface area (Å²) in [6.45, 7) is 0. The first-order chi connectivity index (χ1) is 7.73. The zero-order valence-electron chi connectivity index (χ0n) is 9.73. The molecule has 1 aromatic rings. The lowest BCUT2D eigenvalue weighted by Crippen LogP contribution is -2.44. The first-order valence-corrected chi connectivity index (χ1v) is 4.67. The van der Waals surface area contributed by atoms with E-state index in [4.69, 9.17) is 5.84 Å². The molecule has 0 aliphatic heterocycles. The van der Waals surface area contributed by atoms with Gasteiger partial charge in [-0.1, -0.05) is 6.07 Å². The van der Waals surface area contributed by atoms with E-state index in [-0.39, 0.29) is 18.1 Å². The lowest BCUT2D eigenvalue weighted by atomic mass is 10.2. The Morgan fingerprint density at radius 3 is 2.28 bits per heavy atom. The van der Waals surface area contributed by atoms with Crippen molar-refractivity contribution in [1.29, 1.82) is 0 Å². The Morgan fingerprint density at radius 2 is 1.83 bits per heavy atom. The van der Waals surface area contributed by atoms with Gasteiger partial charge in [0, 0.05) is 14.1 Å². The van der Waals surface area contributed by atoms with Crippen LogP contribution in [0.5, 0.6) is 0 Å². The van der Waals surface area contributed by atoms with E-state index >= 15 is 0 Å². The van der Waals surface area contributed by atoms with Crippen molar-refractivity contribution < 1.29 is 18.0 Å². The van der Waals surface area contributed by atoms with Crippen molar-refractivity contribution in [1.82, 2.24) is 4.90 Å². The number of alkyl halides is 3.